The molecule has 0 heterocycles. The van der Waals surface area contributed by atoms with Crippen LogP contribution < -0.4 is 22.5 Å². The molecule has 0 radical (unpaired) electrons. The summed E-state index contributed by atoms with van der Waals surface area (Å²) in [4.78, 5) is 0. The number of rotatable bonds is 28. The fraction of sp³-hybridized carbons (Fsp3) is 1.00. The molecule has 7 N–H and O–H groups in total. The van der Waals surface area contributed by atoms with Gasteiger partial charge in [-0.1, -0.05) is 85.5 Å². The van der Waals surface area contributed by atoms with Gasteiger partial charge < -0.3 is 36.7 Å². The minimum atomic E-state index is -0.0106. The number of nitrogens with two attached hydrogens (primary N) is 3. The van der Waals surface area contributed by atoms with Crippen molar-refractivity contribution in [3.63, 3.8) is 0 Å². The maximum atomic E-state index is 7.21. The van der Waals surface area contributed by atoms with Gasteiger partial charge in [-0.2, -0.15) is 0 Å². The summed E-state index contributed by atoms with van der Waals surface area (Å²) < 4.78 is 20.8. The number of unbranched alkanes of at least 4 members (excludes halogenated alkanes) is 9. The molecule has 7 nitrogen and oxygen atoms in total. The minimum absolute atomic E-state index is 0.0106. The lowest BCUT2D eigenvalue weighted by Gasteiger charge is -2.79. The maximum absolute atomic E-state index is 7.21. The Hall–Kier alpha value is -0.280. The van der Waals surface area contributed by atoms with Crippen LogP contribution in [0.15, 0.2) is 0 Å². The molecule has 1 spiro atoms. The fourth-order valence-electron chi connectivity index (χ4n) is 13.7. The third-order valence-electron chi connectivity index (χ3n) is 16.5. The van der Waals surface area contributed by atoms with Crippen molar-refractivity contribution in [3.8, 4) is 0 Å². The first-order valence-corrected chi connectivity index (χ1v) is 23.4. The van der Waals surface area contributed by atoms with E-state index >= 15 is 0 Å². The number of hydrogen-bond acceptors (Lipinski definition) is 7. The van der Waals surface area contributed by atoms with Gasteiger partial charge in [0.25, 0.3) is 0 Å². The van der Waals surface area contributed by atoms with Crippen molar-refractivity contribution in [1.29, 1.82) is 0 Å². The highest BCUT2D eigenvalue weighted by molar-refractivity contribution is 5.31. The van der Waals surface area contributed by atoms with Gasteiger partial charge in [0, 0.05) is 25.2 Å². The molecule has 5 saturated carbocycles. The molecule has 5 rings (SSSR count). The maximum Gasteiger partial charge on any atom is 0.0727 e. The van der Waals surface area contributed by atoms with Crippen LogP contribution in [0.25, 0.3) is 0 Å². The van der Waals surface area contributed by atoms with Gasteiger partial charge in [0.2, 0.25) is 0 Å². The highest BCUT2D eigenvalue weighted by Crippen LogP contribution is 2.83. The van der Waals surface area contributed by atoms with Crippen LogP contribution in [-0.2, 0) is 14.2 Å². The summed E-state index contributed by atoms with van der Waals surface area (Å²) in [6.45, 7) is 17.1. The third-order valence-corrected chi connectivity index (χ3v) is 16.5. The first kappa shape index (κ1) is 43.8. The molecule has 0 unspecified atom stereocenters. The lowest BCUT2D eigenvalue weighted by atomic mass is 9.28. The van der Waals surface area contributed by atoms with Crippen LogP contribution in [0, 0.1) is 45.8 Å². The van der Waals surface area contributed by atoms with Crippen LogP contribution in [0.1, 0.15) is 175 Å². The van der Waals surface area contributed by atoms with Gasteiger partial charge in [-0.3, -0.25) is 0 Å². The quantitative estimate of drug-likeness (QED) is 0.0591. The number of nitrogens with one attached hydrogen (secondary N) is 1. The summed E-state index contributed by atoms with van der Waals surface area (Å²) in [5.41, 5.74) is 18.7. The smallest absolute Gasteiger partial charge is 0.0727 e. The monoisotopic (exact) mass is 745 g/mol. The predicted octanol–water partition coefficient (Wildman–Crippen LogP) is 9.14. The zero-order valence-corrected chi connectivity index (χ0v) is 35.4. The summed E-state index contributed by atoms with van der Waals surface area (Å²) in [6.07, 6.45) is 30.1. The summed E-state index contributed by atoms with van der Waals surface area (Å²) in [5, 5.41) is 3.82. The average Bonchev–Trinajstić information content (AvgIpc) is 3.46. The Morgan fingerprint density at radius 2 is 1.36 bits per heavy atom. The van der Waals surface area contributed by atoms with Gasteiger partial charge >= 0.3 is 0 Å². The number of fused-ring (bicyclic) bond motifs is 2. The molecule has 310 valence electrons. The molecule has 0 aromatic heterocycles. The van der Waals surface area contributed by atoms with Crippen LogP contribution in [0.5, 0.6) is 0 Å². The Balaban J connectivity index is 1.21. The normalized spacial score (nSPS) is 37.9. The Morgan fingerprint density at radius 3 is 2.06 bits per heavy atom. The Morgan fingerprint density at radius 1 is 0.717 bits per heavy atom. The largest absolute Gasteiger partial charge is 0.378 e. The Bertz CT molecular complexity index is 1050. The minimum Gasteiger partial charge on any atom is -0.378 e. The number of hydrogen-bond donors (Lipinski definition) is 4. The summed E-state index contributed by atoms with van der Waals surface area (Å²) >= 11 is 0. The Kier molecular flexibility index (Phi) is 17.3. The molecular formula is C46H88N4O3. The van der Waals surface area contributed by atoms with Crippen LogP contribution in [0.3, 0.4) is 0 Å². The average molecular weight is 745 g/mol. The molecule has 11 atom stereocenters. The number of ether oxygens (including phenoxy) is 3. The topological polar surface area (TPSA) is 118 Å². The molecule has 0 aliphatic heterocycles. The van der Waals surface area contributed by atoms with E-state index in [9.17, 15) is 0 Å². The first-order chi connectivity index (χ1) is 25.8. The highest BCUT2D eigenvalue weighted by Gasteiger charge is 2.82. The molecule has 0 amide bonds. The zero-order valence-electron chi connectivity index (χ0n) is 35.4. The van der Waals surface area contributed by atoms with Crippen molar-refractivity contribution < 1.29 is 14.2 Å². The Labute approximate surface area is 327 Å². The molecule has 5 aliphatic rings. The van der Waals surface area contributed by atoms with E-state index in [1.54, 1.807) is 0 Å². The van der Waals surface area contributed by atoms with Gasteiger partial charge in [-0.15, -0.1) is 0 Å². The van der Waals surface area contributed by atoms with E-state index in [1.807, 2.05) is 0 Å². The fourth-order valence-corrected chi connectivity index (χ4v) is 13.7. The second kappa shape index (κ2) is 20.9. The summed E-state index contributed by atoms with van der Waals surface area (Å²) in [7, 11) is 0. The third kappa shape index (κ3) is 9.55. The molecule has 5 fully saturated rings. The molecular weight excluding hydrogens is 657 g/mol. The van der Waals surface area contributed by atoms with E-state index in [2.05, 4.69) is 33.0 Å². The standard InChI is InChI=1S/C46H88N4O3/c1-5-6-7-8-9-10-11-12-13-14-27-50-28-15-19-36(2)39-21-23-45-35-46(53-31-18-26-49)34-37-32-38(51-29-16-24-47)20-22-43(37,3)40(42(45)46)33-41(44(39,45)4)52-30-17-25-48/h36-42,50H,5-35,47-49H2,1-4H3/t36-,37+,38-,39-,40+,41+,42-,43+,44+,45-,46+/m1/s1. The van der Waals surface area contributed by atoms with Crippen LogP contribution >= 0.6 is 0 Å². The van der Waals surface area contributed by atoms with Crippen molar-refractivity contribution in [2.45, 2.75) is 193 Å². The van der Waals surface area contributed by atoms with E-state index in [1.165, 1.54) is 135 Å². The van der Waals surface area contributed by atoms with E-state index in [0.717, 1.165) is 45.6 Å². The van der Waals surface area contributed by atoms with Gasteiger partial charge in [0.15, 0.2) is 0 Å². The molecule has 7 heteroatoms. The van der Waals surface area contributed by atoms with E-state index < -0.39 is 0 Å². The van der Waals surface area contributed by atoms with Crippen molar-refractivity contribution in [2.75, 3.05) is 52.5 Å². The zero-order chi connectivity index (χ0) is 37.8. The molecule has 53 heavy (non-hydrogen) atoms. The van der Waals surface area contributed by atoms with Gasteiger partial charge in [0.05, 0.1) is 17.8 Å². The van der Waals surface area contributed by atoms with Crippen molar-refractivity contribution >= 4 is 0 Å². The van der Waals surface area contributed by atoms with Crippen molar-refractivity contribution in [1.82, 2.24) is 5.32 Å². The predicted molar refractivity (Wildman–Crippen MR) is 222 cm³/mol. The summed E-state index contributed by atoms with van der Waals surface area (Å²) in [5.74, 6) is 3.30. The van der Waals surface area contributed by atoms with Crippen molar-refractivity contribution in [3.05, 3.63) is 0 Å². The van der Waals surface area contributed by atoms with Gasteiger partial charge in [-0.05, 0) is 163 Å². The molecule has 0 aromatic rings. The second-order valence-corrected chi connectivity index (χ2v) is 19.5. The molecule has 0 saturated heterocycles. The van der Waals surface area contributed by atoms with Gasteiger partial charge in [-0.25, -0.2) is 0 Å². The van der Waals surface area contributed by atoms with Crippen LogP contribution in [0.2, 0.25) is 0 Å². The van der Waals surface area contributed by atoms with E-state index in [-0.39, 0.29) is 11.0 Å². The SMILES string of the molecule is CCCCCCCCCCCCNCCC[C@@H](C)[C@H]1CC[C@]23C[C@@]4(OCCCN)C[C@@H]5C[C@H](OCCCN)CC[C@]5(C)[C@@H](C[C@H](OCCCN)[C@]12C)[C@@H]43. The first-order valence-electron chi connectivity index (χ1n) is 23.4. The molecule has 0 bridgehead atoms. The molecule has 0 aromatic carbocycles. The van der Waals surface area contributed by atoms with Crippen LogP contribution in [0.4, 0.5) is 0 Å². The van der Waals surface area contributed by atoms with E-state index in [0.29, 0.717) is 72.3 Å². The van der Waals surface area contributed by atoms with Crippen molar-refractivity contribution in [2.24, 2.45) is 63.0 Å². The highest BCUT2D eigenvalue weighted by atomic mass is 16.5. The van der Waals surface area contributed by atoms with E-state index in [4.69, 9.17) is 31.4 Å². The lowest BCUT2D eigenvalue weighted by Crippen LogP contribution is -2.79. The van der Waals surface area contributed by atoms with Crippen LogP contribution in [-0.4, -0.2) is 70.4 Å². The molecule has 5 aliphatic carbocycles. The second-order valence-electron chi connectivity index (χ2n) is 19.5. The van der Waals surface area contributed by atoms with Gasteiger partial charge in [0.1, 0.15) is 0 Å². The lowest BCUT2D eigenvalue weighted by molar-refractivity contribution is -0.364. The summed E-state index contributed by atoms with van der Waals surface area (Å²) in [6, 6.07) is 0.